The van der Waals surface area contributed by atoms with Crippen LogP contribution in [0.4, 0.5) is 0 Å². The SMILES string of the molecule is CN(Cc1ncc(C(=O)NCCCO)cn1)S(=O)(=O)c1ccc(Cl)cc1. The first kappa shape index (κ1) is 20.2. The number of aliphatic hydroxyl groups excluding tert-OH is 1. The number of amides is 1. The zero-order chi connectivity index (χ0) is 19.2. The topological polar surface area (TPSA) is 112 Å². The maximum absolute atomic E-state index is 12.5. The Labute approximate surface area is 156 Å². The fourth-order valence-electron chi connectivity index (χ4n) is 2.01. The molecule has 10 heteroatoms. The maximum atomic E-state index is 12.5. The van der Waals surface area contributed by atoms with Gasteiger partial charge in [-0.1, -0.05) is 11.6 Å². The second-order valence-electron chi connectivity index (χ2n) is 5.44. The zero-order valence-electron chi connectivity index (χ0n) is 14.1. The molecule has 0 saturated carbocycles. The van der Waals surface area contributed by atoms with E-state index in [-0.39, 0.29) is 35.3 Å². The standard InChI is InChI=1S/C16H19ClN4O4S/c1-21(26(24,25)14-5-3-13(17)4-6-14)11-15-19-9-12(10-20-15)16(23)18-7-2-8-22/h3-6,9-10,22H,2,7-8,11H2,1H3,(H,18,23). The summed E-state index contributed by atoms with van der Waals surface area (Å²) >= 11 is 5.78. The fourth-order valence-corrected chi connectivity index (χ4v) is 3.26. The molecule has 140 valence electrons. The Morgan fingerprint density at radius 2 is 1.85 bits per heavy atom. The van der Waals surface area contributed by atoms with Gasteiger partial charge in [-0.2, -0.15) is 4.31 Å². The Kier molecular flexibility index (Phi) is 7.04. The molecule has 8 nitrogen and oxygen atoms in total. The molecule has 1 aromatic carbocycles. The molecule has 2 rings (SSSR count). The first-order chi connectivity index (χ1) is 12.3. The summed E-state index contributed by atoms with van der Waals surface area (Å²) < 4.78 is 26.1. The average Bonchev–Trinajstić information content (AvgIpc) is 2.62. The molecule has 0 saturated heterocycles. The summed E-state index contributed by atoms with van der Waals surface area (Å²) in [6, 6.07) is 5.86. The number of aliphatic hydroxyl groups is 1. The van der Waals surface area contributed by atoms with Gasteiger partial charge in [0.1, 0.15) is 5.82 Å². The fraction of sp³-hybridized carbons (Fsp3) is 0.312. The molecule has 0 atom stereocenters. The molecule has 0 fully saturated rings. The second-order valence-corrected chi connectivity index (χ2v) is 7.92. The molecular formula is C16H19ClN4O4S. The molecule has 1 amide bonds. The van der Waals surface area contributed by atoms with Crippen LogP contribution in [-0.4, -0.2) is 53.9 Å². The van der Waals surface area contributed by atoms with E-state index in [1.807, 2.05) is 0 Å². The lowest BCUT2D eigenvalue weighted by Gasteiger charge is -2.16. The second kappa shape index (κ2) is 9.04. The van der Waals surface area contributed by atoms with E-state index in [0.29, 0.717) is 18.0 Å². The predicted octanol–water partition coefficient (Wildman–Crippen LogP) is 1.06. The Morgan fingerprint density at radius 3 is 2.42 bits per heavy atom. The van der Waals surface area contributed by atoms with Gasteiger partial charge < -0.3 is 10.4 Å². The summed E-state index contributed by atoms with van der Waals surface area (Å²) in [5, 5.41) is 11.8. The highest BCUT2D eigenvalue weighted by atomic mass is 35.5. The number of aromatic nitrogens is 2. The minimum Gasteiger partial charge on any atom is -0.396 e. The molecule has 2 aromatic rings. The molecule has 0 aliphatic heterocycles. The van der Waals surface area contributed by atoms with Gasteiger partial charge in [0.05, 0.1) is 17.0 Å². The summed E-state index contributed by atoms with van der Waals surface area (Å²) in [7, 11) is -2.28. The lowest BCUT2D eigenvalue weighted by atomic mass is 10.3. The van der Waals surface area contributed by atoms with Crippen LogP contribution in [0.5, 0.6) is 0 Å². The molecule has 1 heterocycles. The number of nitrogens with one attached hydrogen (secondary N) is 1. The number of benzene rings is 1. The maximum Gasteiger partial charge on any atom is 0.254 e. The lowest BCUT2D eigenvalue weighted by Crippen LogP contribution is -2.28. The summed E-state index contributed by atoms with van der Waals surface area (Å²) in [5.74, 6) is -0.0934. The smallest absolute Gasteiger partial charge is 0.254 e. The van der Waals surface area contributed by atoms with Crippen LogP contribution in [0.3, 0.4) is 0 Å². The summed E-state index contributed by atoms with van der Waals surface area (Å²) in [6.45, 7) is 0.292. The van der Waals surface area contributed by atoms with Gasteiger partial charge in [0.15, 0.2) is 0 Å². The molecule has 26 heavy (non-hydrogen) atoms. The summed E-state index contributed by atoms with van der Waals surface area (Å²) in [5.41, 5.74) is 0.259. The first-order valence-electron chi connectivity index (χ1n) is 7.76. The number of sulfonamides is 1. The van der Waals surface area contributed by atoms with Crippen LogP contribution in [0.25, 0.3) is 0 Å². The third-order valence-corrected chi connectivity index (χ3v) is 5.54. The van der Waals surface area contributed by atoms with Crippen LogP contribution in [-0.2, 0) is 16.6 Å². The van der Waals surface area contributed by atoms with E-state index in [1.54, 1.807) is 0 Å². The first-order valence-corrected chi connectivity index (χ1v) is 9.58. The quantitative estimate of drug-likeness (QED) is 0.643. The van der Waals surface area contributed by atoms with Crippen molar-refractivity contribution in [2.24, 2.45) is 0 Å². The van der Waals surface area contributed by atoms with E-state index in [2.05, 4.69) is 15.3 Å². The van der Waals surface area contributed by atoms with Gasteiger partial charge in [-0.3, -0.25) is 4.79 Å². The van der Waals surface area contributed by atoms with Crippen LogP contribution in [0, 0.1) is 0 Å². The monoisotopic (exact) mass is 398 g/mol. The number of halogens is 1. The number of hydrogen-bond donors (Lipinski definition) is 2. The molecule has 2 N–H and O–H groups in total. The van der Waals surface area contributed by atoms with Crippen molar-refractivity contribution in [1.29, 1.82) is 0 Å². The minimum absolute atomic E-state index is 0.00978. The molecule has 0 aliphatic carbocycles. The molecular weight excluding hydrogens is 380 g/mol. The number of carbonyl (C=O) groups is 1. The summed E-state index contributed by atoms with van der Waals surface area (Å²) in [4.78, 5) is 20.0. The highest BCUT2D eigenvalue weighted by Gasteiger charge is 2.21. The Bertz CT molecular complexity index is 842. The van der Waals surface area contributed by atoms with Gasteiger partial charge in [0.25, 0.3) is 5.91 Å². The molecule has 0 radical (unpaired) electrons. The molecule has 0 unspecified atom stereocenters. The van der Waals surface area contributed by atoms with Gasteiger partial charge in [0, 0.05) is 37.6 Å². The Balaban J connectivity index is 2.03. The largest absolute Gasteiger partial charge is 0.396 e. The van der Waals surface area contributed by atoms with Crippen LogP contribution in [0.2, 0.25) is 5.02 Å². The Hall–Kier alpha value is -2.07. The van der Waals surface area contributed by atoms with E-state index in [4.69, 9.17) is 16.7 Å². The minimum atomic E-state index is -3.70. The van der Waals surface area contributed by atoms with E-state index in [9.17, 15) is 13.2 Å². The average molecular weight is 399 g/mol. The van der Waals surface area contributed by atoms with Crippen molar-refractivity contribution in [2.45, 2.75) is 17.9 Å². The number of hydrogen-bond acceptors (Lipinski definition) is 6. The highest BCUT2D eigenvalue weighted by molar-refractivity contribution is 7.89. The van der Waals surface area contributed by atoms with E-state index < -0.39 is 10.0 Å². The number of carbonyl (C=O) groups excluding carboxylic acids is 1. The van der Waals surface area contributed by atoms with Crippen molar-refractivity contribution < 1.29 is 18.3 Å². The van der Waals surface area contributed by atoms with Crippen molar-refractivity contribution in [3.8, 4) is 0 Å². The van der Waals surface area contributed by atoms with Crippen LogP contribution in [0.1, 0.15) is 22.6 Å². The summed E-state index contributed by atoms with van der Waals surface area (Å²) in [6.07, 6.45) is 3.12. The van der Waals surface area contributed by atoms with Crippen molar-refractivity contribution >= 4 is 27.5 Å². The molecule has 0 bridgehead atoms. The van der Waals surface area contributed by atoms with Gasteiger partial charge >= 0.3 is 0 Å². The van der Waals surface area contributed by atoms with E-state index in [1.165, 1.54) is 43.7 Å². The van der Waals surface area contributed by atoms with Crippen LogP contribution < -0.4 is 5.32 Å². The zero-order valence-corrected chi connectivity index (χ0v) is 15.7. The molecule has 1 aromatic heterocycles. The van der Waals surface area contributed by atoms with Gasteiger partial charge in [-0.25, -0.2) is 18.4 Å². The third kappa shape index (κ3) is 5.21. The number of rotatable bonds is 8. The molecule has 0 spiro atoms. The normalized spacial score (nSPS) is 11.5. The van der Waals surface area contributed by atoms with Crippen molar-refractivity contribution in [3.05, 3.63) is 53.1 Å². The Morgan fingerprint density at radius 1 is 1.23 bits per heavy atom. The van der Waals surface area contributed by atoms with E-state index >= 15 is 0 Å². The number of nitrogens with zero attached hydrogens (tertiary/aromatic N) is 3. The van der Waals surface area contributed by atoms with Gasteiger partial charge in [0.2, 0.25) is 10.0 Å². The highest BCUT2D eigenvalue weighted by Crippen LogP contribution is 2.18. The van der Waals surface area contributed by atoms with E-state index in [0.717, 1.165) is 4.31 Å². The molecule has 0 aliphatic rings. The third-order valence-electron chi connectivity index (χ3n) is 3.47. The predicted molar refractivity (Wildman–Crippen MR) is 96.2 cm³/mol. The van der Waals surface area contributed by atoms with Crippen LogP contribution >= 0.6 is 11.6 Å². The van der Waals surface area contributed by atoms with Gasteiger partial charge in [-0.15, -0.1) is 0 Å². The van der Waals surface area contributed by atoms with Crippen molar-refractivity contribution in [2.75, 3.05) is 20.2 Å². The lowest BCUT2D eigenvalue weighted by molar-refractivity contribution is 0.0950. The van der Waals surface area contributed by atoms with Crippen molar-refractivity contribution in [1.82, 2.24) is 19.6 Å². The van der Waals surface area contributed by atoms with Crippen LogP contribution in [0.15, 0.2) is 41.6 Å². The van der Waals surface area contributed by atoms with Crippen molar-refractivity contribution in [3.63, 3.8) is 0 Å². The van der Waals surface area contributed by atoms with Gasteiger partial charge in [-0.05, 0) is 30.7 Å².